The van der Waals surface area contributed by atoms with E-state index >= 15 is 0 Å². The van der Waals surface area contributed by atoms with Crippen LogP contribution in [-0.4, -0.2) is 4.57 Å². The lowest BCUT2D eigenvalue weighted by molar-refractivity contribution is -0.697. The lowest BCUT2D eigenvalue weighted by atomic mass is 9.70. The van der Waals surface area contributed by atoms with Crippen molar-refractivity contribution in [1.82, 2.24) is 4.57 Å². The minimum absolute atomic E-state index is 0.0167. The first-order valence-corrected chi connectivity index (χ1v) is 16.8. The summed E-state index contributed by atoms with van der Waals surface area (Å²) in [6.45, 7) is 8.23. The van der Waals surface area contributed by atoms with Crippen LogP contribution >= 0.6 is 0 Å². The number of nitrogens with zero attached hydrogens (tertiary/aromatic N) is 2. The van der Waals surface area contributed by atoms with E-state index in [-0.39, 0.29) is 5.41 Å². The lowest BCUT2D eigenvalue weighted by Gasteiger charge is -2.36. The molecular weight excluding hydrogens is 484 g/mol. The molecule has 0 saturated heterocycles. The third-order valence-corrected chi connectivity index (χ3v) is 9.06. The zero-order valence-corrected chi connectivity index (χ0v) is 26.2. The molecule has 0 fully saturated rings. The van der Waals surface area contributed by atoms with Crippen LogP contribution in [0.5, 0.6) is 0 Å². The Labute approximate surface area is 247 Å². The Bertz CT molecular complexity index is 1010. The SMILES string of the molecule is CCCCCCCCCCCCCCCCC[n+]1ccn(C(CC)C(C)(Cc2ccccc2)c2ccccc2)c1. The maximum atomic E-state index is 2.49. The monoisotopic (exact) mass is 543 g/mol. The summed E-state index contributed by atoms with van der Waals surface area (Å²) in [6, 6.07) is 22.6. The largest absolute Gasteiger partial charge is 0.244 e. The predicted octanol–water partition coefficient (Wildman–Crippen LogP) is 10.8. The van der Waals surface area contributed by atoms with Crippen LogP contribution in [0.15, 0.2) is 79.4 Å². The van der Waals surface area contributed by atoms with Gasteiger partial charge in [0, 0.05) is 5.41 Å². The van der Waals surface area contributed by atoms with Crippen LogP contribution in [0.3, 0.4) is 0 Å². The van der Waals surface area contributed by atoms with Gasteiger partial charge in [-0.15, -0.1) is 0 Å². The maximum absolute atomic E-state index is 2.49. The fourth-order valence-corrected chi connectivity index (χ4v) is 6.63. The molecule has 1 aromatic heterocycles. The summed E-state index contributed by atoms with van der Waals surface area (Å²) < 4.78 is 4.90. The highest BCUT2D eigenvalue weighted by Gasteiger charge is 2.39. The molecule has 0 aliphatic heterocycles. The minimum Gasteiger partial charge on any atom is -0.237 e. The molecule has 0 aliphatic rings. The van der Waals surface area contributed by atoms with Gasteiger partial charge in [-0.3, -0.25) is 0 Å². The molecule has 2 nitrogen and oxygen atoms in total. The van der Waals surface area contributed by atoms with Gasteiger partial charge < -0.3 is 0 Å². The highest BCUT2D eigenvalue weighted by atomic mass is 15.1. The zero-order valence-electron chi connectivity index (χ0n) is 26.2. The van der Waals surface area contributed by atoms with Gasteiger partial charge in [-0.05, 0) is 36.8 Å². The van der Waals surface area contributed by atoms with E-state index in [1.165, 1.54) is 107 Å². The summed E-state index contributed by atoms with van der Waals surface area (Å²) >= 11 is 0. The van der Waals surface area contributed by atoms with Crippen molar-refractivity contribution in [2.75, 3.05) is 0 Å². The van der Waals surface area contributed by atoms with Crippen LogP contribution in [0, 0.1) is 0 Å². The predicted molar refractivity (Wildman–Crippen MR) is 173 cm³/mol. The van der Waals surface area contributed by atoms with Gasteiger partial charge >= 0.3 is 0 Å². The average Bonchev–Trinajstić information content (AvgIpc) is 3.44. The normalized spacial score (nSPS) is 13.8. The number of imidazole rings is 1. The molecule has 0 radical (unpaired) electrons. The summed E-state index contributed by atoms with van der Waals surface area (Å²) in [5, 5.41) is 0. The van der Waals surface area contributed by atoms with Gasteiger partial charge in [0.15, 0.2) is 0 Å². The minimum atomic E-state index is 0.0167. The number of unbranched alkanes of at least 4 members (excludes halogenated alkanes) is 14. The van der Waals surface area contributed by atoms with Gasteiger partial charge in [0.05, 0.1) is 6.54 Å². The molecule has 40 heavy (non-hydrogen) atoms. The topological polar surface area (TPSA) is 8.81 Å². The first-order valence-electron chi connectivity index (χ1n) is 16.8. The zero-order chi connectivity index (χ0) is 28.3. The van der Waals surface area contributed by atoms with Crippen LogP contribution in [-0.2, 0) is 18.4 Å². The Balaban J connectivity index is 1.39. The molecule has 0 amide bonds. The number of hydrogen-bond donors (Lipinski definition) is 0. The molecule has 2 aromatic carbocycles. The molecule has 0 saturated carbocycles. The first kappa shape index (κ1) is 32.2. The van der Waals surface area contributed by atoms with Crippen molar-refractivity contribution in [1.29, 1.82) is 0 Å². The molecule has 0 N–H and O–H groups in total. The van der Waals surface area contributed by atoms with Crippen molar-refractivity contribution in [3.05, 3.63) is 90.5 Å². The molecule has 0 spiro atoms. The van der Waals surface area contributed by atoms with Gasteiger partial charge in [0.25, 0.3) is 0 Å². The number of rotatable bonds is 22. The van der Waals surface area contributed by atoms with Crippen LogP contribution in [0.1, 0.15) is 141 Å². The molecule has 3 rings (SSSR count). The van der Waals surface area contributed by atoms with Crippen molar-refractivity contribution in [2.24, 2.45) is 0 Å². The fourth-order valence-electron chi connectivity index (χ4n) is 6.63. The van der Waals surface area contributed by atoms with Gasteiger partial charge in [-0.2, -0.15) is 0 Å². The average molecular weight is 544 g/mol. The second kappa shape index (κ2) is 18.9. The van der Waals surface area contributed by atoms with E-state index in [0.29, 0.717) is 6.04 Å². The standard InChI is InChI=1S/C38H59N2/c1-4-6-7-8-9-10-11-12-13-14-15-16-17-18-25-30-39-31-32-40(34-39)37(5-2)38(3,36-28-23-20-24-29-36)33-35-26-21-19-22-27-35/h19-24,26-29,31-32,34,37H,4-18,25,30,33H2,1-3H3/q+1. The van der Waals surface area contributed by atoms with Crippen molar-refractivity contribution >= 4 is 0 Å². The Kier molecular flexibility index (Phi) is 15.2. The quantitative estimate of drug-likeness (QED) is 0.0880. The van der Waals surface area contributed by atoms with Crippen molar-refractivity contribution in [2.45, 2.75) is 148 Å². The van der Waals surface area contributed by atoms with Crippen molar-refractivity contribution in [3.8, 4) is 0 Å². The maximum Gasteiger partial charge on any atom is 0.244 e. The van der Waals surface area contributed by atoms with E-state index < -0.39 is 0 Å². The third kappa shape index (κ3) is 10.9. The van der Waals surface area contributed by atoms with Gasteiger partial charge in [-0.1, -0.05) is 165 Å². The summed E-state index contributed by atoms with van der Waals surface area (Å²) in [6.07, 6.45) is 30.4. The second-order valence-electron chi connectivity index (χ2n) is 12.4. The Hall–Kier alpha value is -2.35. The molecule has 220 valence electrons. The summed E-state index contributed by atoms with van der Waals surface area (Å²) in [7, 11) is 0. The van der Waals surface area contributed by atoms with E-state index in [4.69, 9.17) is 0 Å². The number of hydrogen-bond acceptors (Lipinski definition) is 0. The summed E-state index contributed by atoms with van der Waals surface area (Å²) in [5.41, 5.74) is 2.85. The van der Waals surface area contributed by atoms with E-state index in [9.17, 15) is 0 Å². The number of benzene rings is 2. The first-order chi connectivity index (χ1) is 19.7. The number of aryl methyl sites for hydroxylation is 1. The van der Waals surface area contributed by atoms with Crippen LogP contribution in [0.2, 0.25) is 0 Å². The molecule has 0 aliphatic carbocycles. The van der Waals surface area contributed by atoms with Crippen LogP contribution in [0.4, 0.5) is 0 Å². The summed E-state index contributed by atoms with van der Waals surface area (Å²) in [5.74, 6) is 0. The van der Waals surface area contributed by atoms with E-state index in [1.807, 2.05) is 0 Å². The molecule has 2 unspecified atom stereocenters. The number of aromatic nitrogens is 2. The summed E-state index contributed by atoms with van der Waals surface area (Å²) in [4.78, 5) is 0. The highest BCUT2D eigenvalue weighted by Crippen LogP contribution is 2.40. The Morgan fingerprint density at radius 2 is 1.15 bits per heavy atom. The lowest BCUT2D eigenvalue weighted by Crippen LogP contribution is -2.37. The smallest absolute Gasteiger partial charge is 0.237 e. The van der Waals surface area contributed by atoms with Gasteiger partial charge in [0.1, 0.15) is 18.4 Å². The molecule has 0 bridgehead atoms. The molecule has 1 heterocycles. The third-order valence-electron chi connectivity index (χ3n) is 9.06. The Morgan fingerprint density at radius 3 is 1.68 bits per heavy atom. The Morgan fingerprint density at radius 1 is 0.650 bits per heavy atom. The van der Waals surface area contributed by atoms with E-state index in [0.717, 1.165) is 19.4 Å². The molecular formula is C38H59N2+. The molecule has 2 atom stereocenters. The molecule has 3 aromatic rings. The van der Waals surface area contributed by atoms with E-state index in [2.05, 4.69) is 109 Å². The fraction of sp³-hybridized carbons (Fsp3) is 0.605. The van der Waals surface area contributed by atoms with Crippen LogP contribution < -0.4 is 4.57 Å². The van der Waals surface area contributed by atoms with Crippen LogP contribution in [0.25, 0.3) is 0 Å². The molecule has 2 heteroatoms. The van der Waals surface area contributed by atoms with Gasteiger partial charge in [-0.25, -0.2) is 9.13 Å². The van der Waals surface area contributed by atoms with Gasteiger partial charge in [0.2, 0.25) is 6.33 Å². The van der Waals surface area contributed by atoms with Crippen molar-refractivity contribution < 1.29 is 4.57 Å². The highest BCUT2D eigenvalue weighted by molar-refractivity contribution is 5.30. The van der Waals surface area contributed by atoms with E-state index in [1.54, 1.807) is 0 Å². The van der Waals surface area contributed by atoms with Crippen molar-refractivity contribution in [3.63, 3.8) is 0 Å². The second-order valence-corrected chi connectivity index (χ2v) is 12.4.